The number of benzene rings is 1. The summed E-state index contributed by atoms with van der Waals surface area (Å²) in [7, 11) is 0. The molecule has 3 N–H and O–H groups in total. The fourth-order valence-electron chi connectivity index (χ4n) is 3.23. The first kappa shape index (κ1) is 15.7. The van der Waals surface area contributed by atoms with Crippen molar-refractivity contribution in [2.45, 2.75) is 40.2 Å². The zero-order valence-electron chi connectivity index (χ0n) is 13.5. The number of hydrogen-bond donors (Lipinski definition) is 2. The third-order valence-corrected chi connectivity index (χ3v) is 4.54. The van der Waals surface area contributed by atoms with E-state index in [1.807, 2.05) is 19.1 Å². The second-order valence-electron chi connectivity index (χ2n) is 6.34. The van der Waals surface area contributed by atoms with E-state index in [4.69, 9.17) is 5.73 Å². The van der Waals surface area contributed by atoms with Gasteiger partial charge in [-0.3, -0.25) is 4.79 Å². The molecule has 0 bridgehead atoms. The van der Waals surface area contributed by atoms with Crippen molar-refractivity contribution in [3.05, 3.63) is 23.8 Å². The van der Waals surface area contributed by atoms with Crippen molar-refractivity contribution in [3.63, 3.8) is 0 Å². The third-order valence-electron chi connectivity index (χ3n) is 4.54. The van der Waals surface area contributed by atoms with E-state index < -0.39 is 0 Å². The summed E-state index contributed by atoms with van der Waals surface area (Å²) in [6.07, 6.45) is 1.24. The molecule has 3 atom stereocenters. The van der Waals surface area contributed by atoms with Crippen molar-refractivity contribution in [2.75, 3.05) is 23.7 Å². The van der Waals surface area contributed by atoms with Crippen LogP contribution in [0.3, 0.4) is 0 Å². The molecule has 1 aromatic carbocycles. The van der Waals surface area contributed by atoms with Crippen LogP contribution >= 0.6 is 0 Å². The summed E-state index contributed by atoms with van der Waals surface area (Å²) in [4.78, 5) is 14.4. The lowest BCUT2D eigenvalue weighted by Crippen LogP contribution is -2.46. The molecule has 1 aliphatic rings. The number of hydrogen-bond acceptors (Lipinski definition) is 3. The molecule has 0 radical (unpaired) electrons. The van der Waals surface area contributed by atoms with Gasteiger partial charge in [-0.1, -0.05) is 13.8 Å². The lowest BCUT2D eigenvalue weighted by Gasteiger charge is -2.43. The molecule has 0 saturated carbocycles. The molecule has 3 unspecified atom stereocenters. The molecule has 1 fully saturated rings. The van der Waals surface area contributed by atoms with Crippen LogP contribution in [0.2, 0.25) is 0 Å². The predicted molar refractivity (Wildman–Crippen MR) is 88.6 cm³/mol. The molecule has 1 heterocycles. The highest BCUT2D eigenvalue weighted by molar-refractivity contribution is 5.96. The minimum atomic E-state index is -0.0375. The highest BCUT2D eigenvalue weighted by atomic mass is 16.1. The molecule has 0 spiro atoms. The van der Waals surface area contributed by atoms with E-state index in [2.05, 4.69) is 31.0 Å². The molecule has 21 heavy (non-hydrogen) atoms. The largest absolute Gasteiger partial charge is 0.397 e. The maximum absolute atomic E-state index is 12.0. The Labute approximate surface area is 127 Å². The van der Waals surface area contributed by atoms with Crippen LogP contribution in [-0.2, 0) is 0 Å². The number of nitrogens with zero attached hydrogens (tertiary/aromatic N) is 1. The second kappa shape index (κ2) is 6.37. The molecule has 4 nitrogen and oxygen atoms in total. The van der Waals surface area contributed by atoms with Gasteiger partial charge in [0.05, 0.1) is 11.4 Å². The minimum absolute atomic E-state index is 0.0375. The van der Waals surface area contributed by atoms with Crippen molar-refractivity contribution in [2.24, 2.45) is 11.8 Å². The van der Waals surface area contributed by atoms with E-state index in [-0.39, 0.29) is 5.91 Å². The molecule has 116 valence electrons. The third kappa shape index (κ3) is 3.31. The molecular formula is C17H27N3O. The van der Waals surface area contributed by atoms with E-state index in [0.29, 0.717) is 30.0 Å². The summed E-state index contributed by atoms with van der Waals surface area (Å²) in [5, 5.41) is 2.84. The Bertz CT molecular complexity index is 515. The Kier molecular flexibility index (Phi) is 4.76. The topological polar surface area (TPSA) is 58.4 Å². The molecule has 0 aromatic heterocycles. The quantitative estimate of drug-likeness (QED) is 0.841. The fourth-order valence-corrected chi connectivity index (χ4v) is 3.23. The number of nitrogens with two attached hydrogens (primary N) is 1. The van der Waals surface area contributed by atoms with Gasteiger partial charge >= 0.3 is 0 Å². The number of anilines is 2. The van der Waals surface area contributed by atoms with Crippen LogP contribution < -0.4 is 16.0 Å². The van der Waals surface area contributed by atoms with Crippen molar-refractivity contribution < 1.29 is 4.79 Å². The van der Waals surface area contributed by atoms with Gasteiger partial charge in [0, 0.05) is 24.7 Å². The smallest absolute Gasteiger partial charge is 0.251 e. The van der Waals surface area contributed by atoms with Crippen LogP contribution in [0, 0.1) is 11.8 Å². The lowest BCUT2D eigenvalue weighted by atomic mass is 9.85. The zero-order chi connectivity index (χ0) is 15.6. The Hall–Kier alpha value is -1.71. The second-order valence-corrected chi connectivity index (χ2v) is 6.34. The summed E-state index contributed by atoms with van der Waals surface area (Å²) in [5.41, 5.74) is 8.59. The molecule has 1 aromatic rings. The average Bonchev–Trinajstić information content (AvgIpc) is 2.43. The van der Waals surface area contributed by atoms with Crippen molar-refractivity contribution in [1.29, 1.82) is 0 Å². The zero-order valence-corrected chi connectivity index (χ0v) is 13.5. The Morgan fingerprint density at radius 1 is 1.38 bits per heavy atom. The van der Waals surface area contributed by atoms with Gasteiger partial charge in [-0.15, -0.1) is 0 Å². The van der Waals surface area contributed by atoms with Crippen molar-refractivity contribution >= 4 is 17.3 Å². The van der Waals surface area contributed by atoms with Gasteiger partial charge in [-0.2, -0.15) is 0 Å². The van der Waals surface area contributed by atoms with Gasteiger partial charge in [0.25, 0.3) is 5.91 Å². The standard InChI is InChI=1S/C17H27N3O/c1-5-19-17(21)14-6-7-15(18)16(9-14)20-10-11(2)8-12(3)13(20)4/h6-7,9,11-13H,5,8,10,18H2,1-4H3,(H,19,21). The molecule has 1 aliphatic heterocycles. The van der Waals surface area contributed by atoms with Gasteiger partial charge in [0.2, 0.25) is 0 Å². The minimum Gasteiger partial charge on any atom is -0.397 e. The number of amides is 1. The lowest BCUT2D eigenvalue weighted by molar-refractivity contribution is 0.0956. The Morgan fingerprint density at radius 2 is 2.10 bits per heavy atom. The Balaban J connectivity index is 2.33. The SMILES string of the molecule is CCNC(=O)c1ccc(N)c(N2CC(C)CC(C)C2C)c1. The molecule has 4 heteroatoms. The highest BCUT2D eigenvalue weighted by Crippen LogP contribution is 2.34. The average molecular weight is 289 g/mol. The van der Waals surface area contributed by atoms with E-state index in [0.717, 1.165) is 17.9 Å². The molecular weight excluding hydrogens is 262 g/mol. The maximum atomic E-state index is 12.0. The number of nitrogens with one attached hydrogen (secondary N) is 1. The van der Waals surface area contributed by atoms with Crippen molar-refractivity contribution in [1.82, 2.24) is 5.32 Å². The van der Waals surface area contributed by atoms with E-state index >= 15 is 0 Å². The van der Waals surface area contributed by atoms with E-state index in [1.165, 1.54) is 6.42 Å². The van der Waals surface area contributed by atoms with Gasteiger partial charge in [0.15, 0.2) is 0 Å². The summed E-state index contributed by atoms with van der Waals surface area (Å²) in [6.45, 7) is 10.4. The van der Waals surface area contributed by atoms with Crippen LogP contribution in [0.5, 0.6) is 0 Å². The summed E-state index contributed by atoms with van der Waals surface area (Å²) >= 11 is 0. The number of piperidine rings is 1. The van der Waals surface area contributed by atoms with Crippen LogP contribution in [-0.4, -0.2) is 25.0 Å². The summed E-state index contributed by atoms with van der Waals surface area (Å²) < 4.78 is 0. The van der Waals surface area contributed by atoms with Gasteiger partial charge < -0.3 is 16.0 Å². The maximum Gasteiger partial charge on any atom is 0.251 e. The number of carbonyl (C=O) groups excluding carboxylic acids is 1. The van der Waals surface area contributed by atoms with Gasteiger partial charge in [-0.25, -0.2) is 0 Å². The molecule has 0 aliphatic carbocycles. The van der Waals surface area contributed by atoms with Gasteiger partial charge in [-0.05, 0) is 50.3 Å². The first-order valence-corrected chi connectivity index (χ1v) is 7.88. The normalized spacial score (nSPS) is 25.7. The van der Waals surface area contributed by atoms with Gasteiger partial charge in [0.1, 0.15) is 0 Å². The van der Waals surface area contributed by atoms with E-state index in [9.17, 15) is 4.79 Å². The van der Waals surface area contributed by atoms with E-state index in [1.54, 1.807) is 6.07 Å². The van der Waals surface area contributed by atoms with Crippen molar-refractivity contribution in [3.8, 4) is 0 Å². The summed E-state index contributed by atoms with van der Waals surface area (Å²) in [6, 6.07) is 6.01. The predicted octanol–water partition coefficient (Wildman–Crippen LogP) is 2.89. The Morgan fingerprint density at radius 3 is 2.76 bits per heavy atom. The first-order valence-electron chi connectivity index (χ1n) is 7.88. The monoisotopic (exact) mass is 289 g/mol. The fraction of sp³-hybridized carbons (Fsp3) is 0.588. The molecule has 1 saturated heterocycles. The molecule has 2 rings (SSSR count). The number of rotatable bonds is 3. The van der Waals surface area contributed by atoms with Crippen LogP contribution in [0.15, 0.2) is 18.2 Å². The highest BCUT2D eigenvalue weighted by Gasteiger charge is 2.30. The van der Waals surface area contributed by atoms with Crippen LogP contribution in [0.1, 0.15) is 44.5 Å². The first-order chi connectivity index (χ1) is 9.93. The van der Waals surface area contributed by atoms with Crippen LogP contribution in [0.25, 0.3) is 0 Å². The number of carbonyl (C=O) groups is 1. The van der Waals surface area contributed by atoms with Crippen LogP contribution in [0.4, 0.5) is 11.4 Å². The number of nitrogen functional groups attached to an aromatic ring is 1. The summed E-state index contributed by atoms with van der Waals surface area (Å²) in [5.74, 6) is 1.23. The molecule has 1 amide bonds.